The molecule has 2 heterocycles. The van der Waals surface area contributed by atoms with Gasteiger partial charge in [0.1, 0.15) is 16.7 Å². The number of hydrogen-bond donors (Lipinski definition) is 11. The Morgan fingerprint density at radius 1 is 0.624 bits per heavy atom. The van der Waals surface area contributed by atoms with E-state index in [0.29, 0.717) is 93.1 Å². The van der Waals surface area contributed by atoms with E-state index in [1.165, 1.54) is 0 Å². The zero-order valence-corrected chi connectivity index (χ0v) is 49.9. The molecule has 1 unspecified atom stereocenters. The Hall–Kier alpha value is -7.70. The number of hydrogen-bond acceptors (Lipinski definition) is 16. The largest absolute Gasteiger partial charge is 0.481 e. The molecule has 1 fully saturated rings. The standard InChI is InChI=1S/C56H79BrN14O13S/c57-45-19-13-39(30-62-45)31-71(21-5-4-6-43(54(80)81)65-56(84)66-44(55(82)83)18-20-52(77)78)53(79)40-14-9-38(10-15-40)29-63-50(76)7-2-1-3-8-51(85)64-41-16-11-37(12-17-41)28-42-32-69(35-48(60)74)25-24-67(33-46(58)72)22-23-68(34-47(59)73)26-27-70(42)36-49(61)75/h9-17,19,30,42-44H,1-8,18,20-29,31-36H2,(H2,58,72)(H2,59,73)(H2,60,74)(H2,61,75)(H,63,76)(H,64,85)(H,77,78)(H,80,81)(H,82,83)(H2,65,66,84)/t42?,43-,44-/m0/s1. The number of thiocarbonyl (C=S) groups is 1. The molecule has 0 spiro atoms. The lowest BCUT2D eigenvalue weighted by molar-refractivity contribution is -0.141. The van der Waals surface area contributed by atoms with Gasteiger partial charge in [0.25, 0.3) is 5.91 Å². The molecular formula is C56H79BrN14O13S. The van der Waals surface area contributed by atoms with Crippen LogP contribution in [-0.2, 0) is 57.9 Å². The molecule has 1 aliphatic rings. The van der Waals surface area contributed by atoms with Crippen molar-refractivity contribution in [3.8, 4) is 0 Å². The fourth-order valence-corrected chi connectivity index (χ4v) is 9.94. The second-order valence-corrected chi connectivity index (χ2v) is 22.1. The Labute approximate surface area is 507 Å². The van der Waals surface area contributed by atoms with Crippen molar-refractivity contribution in [2.45, 2.75) is 102 Å². The third-order valence-electron chi connectivity index (χ3n) is 13.8. The summed E-state index contributed by atoms with van der Waals surface area (Å²) in [5.41, 5.74) is 26.1. The van der Waals surface area contributed by atoms with Crippen LogP contribution in [0.4, 0.5) is 10.5 Å². The summed E-state index contributed by atoms with van der Waals surface area (Å²) in [6, 6.07) is 13.7. The predicted octanol–water partition coefficient (Wildman–Crippen LogP) is 0.807. The first kappa shape index (κ1) is 69.8. The fraction of sp³-hybridized carbons (Fsp3) is 0.500. The van der Waals surface area contributed by atoms with Crippen molar-refractivity contribution in [1.82, 2.24) is 45.4 Å². The van der Waals surface area contributed by atoms with E-state index in [1.807, 2.05) is 43.9 Å². The molecular weight excluding hydrogens is 1190 g/mol. The zero-order valence-electron chi connectivity index (χ0n) is 47.5. The highest BCUT2D eigenvalue weighted by Crippen LogP contribution is 2.19. The van der Waals surface area contributed by atoms with Gasteiger partial charge >= 0.3 is 23.9 Å². The van der Waals surface area contributed by atoms with Crippen LogP contribution in [0, 0.1) is 0 Å². The van der Waals surface area contributed by atoms with Crippen LogP contribution in [0.1, 0.15) is 91.3 Å². The van der Waals surface area contributed by atoms with Crippen LogP contribution < -0.4 is 44.2 Å². The quantitative estimate of drug-likeness (QED) is 0.0224. The molecule has 464 valence electrons. The number of carboxylic acid groups (broad SMARTS) is 3. The van der Waals surface area contributed by atoms with E-state index in [9.17, 15) is 58.2 Å². The molecule has 1 aliphatic heterocycles. The van der Waals surface area contributed by atoms with Gasteiger partial charge in [0.05, 0.1) is 31.2 Å². The number of carboxylic acids is 3. The Bertz CT molecular complexity index is 2750. The van der Waals surface area contributed by atoms with Gasteiger partial charge in [0.2, 0.25) is 29.5 Å². The minimum absolute atomic E-state index is 0.0206. The summed E-state index contributed by atoms with van der Waals surface area (Å²) in [7, 11) is 0. The van der Waals surface area contributed by atoms with E-state index in [0.717, 1.165) is 35.2 Å². The molecule has 1 aromatic heterocycles. The predicted molar refractivity (Wildman–Crippen MR) is 321 cm³/mol. The van der Waals surface area contributed by atoms with Crippen molar-refractivity contribution in [1.29, 1.82) is 0 Å². The van der Waals surface area contributed by atoms with E-state index < -0.39 is 72.5 Å². The van der Waals surface area contributed by atoms with E-state index in [2.05, 4.69) is 42.2 Å². The number of halogens is 1. The van der Waals surface area contributed by atoms with Crippen molar-refractivity contribution >= 4 is 98.2 Å². The van der Waals surface area contributed by atoms with Crippen LogP contribution >= 0.6 is 28.1 Å². The monoisotopic (exact) mass is 1270 g/mol. The highest BCUT2D eigenvalue weighted by Gasteiger charge is 2.28. The van der Waals surface area contributed by atoms with Crippen LogP contribution in [0.25, 0.3) is 0 Å². The van der Waals surface area contributed by atoms with Crippen LogP contribution in [0.3, 0.4) is 0 Å². The van der Waals surface area contributed by atoms with E-state index in [-0.39, 0.29) is 76.5 Å². The third kappa shape index (κ3) is 28.2. The van der Waals surface area contributed by atoms with Crippen LogP contribution in [0.2, 0.25) is 0 Å². The number of amides is 8. The van der Waals surface area contributed by atoms with Crippen molar-refractivity contribution in [3.63, 3.8) is 0 Å². The van der Waals surface area contributed by atoms with E-state index >= 15 is 0 Å². The number of aromatic nitrogens is 1. The number of anilines is 1. The van der Waals surface area contributed by atoms with Crippen molar-refractivity contribution in [3.05, 3.63) is 93.7 Å². The Morgan fingerprint density at radius 2 is 1.16 bits per heavy atom. The minimum atomic E-state index is -1.54. The van der Waals surface area contributed by atoms with Gasteiger partial charge in [-0.1, -0.05) is 49.0 Å². The number of aliphatic carboxylic acids is 3. The zero-order chi connectivity index (χ0) is 62.4. The molecule has 0 aliphatic carbocycles. The number of benzene rings is 2. The van der Waals surface area contributed by atoms with Crippen LogP contribution in [0.15, 0.2) is 71.5 Å². The second kappa shape index (κ2) is 36.9. The van der Waals surface area contributed by atoms with Gasteiger partial charge in [-0.05, 0) is 114 Å². The van der Waals surface area contributed by atoms with Crippen LogP contribution in [-0.4, -0.2) is 206 Å². The summed E-state index contributed by atoms with van der Waals surface area (Å²) in [5.74, 6) is -6.66. The lowest BCUT2D eigenvalue weighted by Crippen LogP contribution is -2.54. The van der Waals surface area contributed by atoms with Crippen LogP contribution in [0.5, 0.6) is 0 Å². The van der Waals surface area contributed by atoms with Crippen molar-refractivity contribution in [2.75, 3.05) is 83.9 Å². The Kier molecular flexibility index (Phi) is 30.3. The lowest BCUT2D eigenvalue weighted by Gasteiger charge is -2.38. The third-order valence-corrected chi connectivity index (χ3v) is 14.6. The average molecular weight is 1270 g/mol. The number of carbonyl (C=O) groups is 10. The van der Waals surface area contributed by atoms with E-state index in [1.54, 1.807) is 47.5 Å². The number of urea groups is 1. The number of carbonyl (C=O) groups excluding carboxylic acids is 7. The molecule has 85 heavy (non-hydrogen) atoms. The Balaban J connectivity index is 1.25. The first-order chi connectivity index (χ1) is 40.4. The topological polar surface area (TPSA) is 413 Å². The molecule has 29 heteroatoms. The highest BCUT2D eigenvalue weighted by molar-refractivity contribution is 9.10. The second-order valence-electron chi connectivity index (χ2n) is 20.8. The average Bonchev–Trinajstić information content (AvgIpc) is 3.65. The molecule has 0 bridgehead atoms. The Morgan fingerprint density at radius 3 is 1.73 bits per heavy atom. The van der Waals surface area contributed by atoms with Gasteiger partial charge < -0.3 is 64.4 Å². The smallest absolute Gasteiger partial charge is 0.326 e. The maximum Gasteiger partial charge on any atom is 0.326 e. The summed E-state index contributed by atoms with van der Waals surface area (Å²) >= 11 is 8.97. The number of unbranched alkanes of at least 4 members (excludes halogenated alkanes) is 3. The fourth-order valence-electron chi connectivity index (χ4n) is 9.44. The van der Waals surface area contributed by atoms with Crippen molar-refractivity contribution in [2.24, 2.45) is 22.9 Å². The molecule has 8 amide bonds. The van der Waals surface area contributed by atoms with Gasteiger partial charge in [-0.15, -0.1) is 0 Å². The number of pyridine rings is 1. The SMILES string of the molecule is NC(=O)CN1CCN(CC(N)=O)CCN(CC(N)=O)C(Cc2ccc(NC(=S)CCCCCC(=O)NCc3ccc(C(=O)N(CCCC[C@H](NC(=O)N[C@@H](CCC(=O)O)C(=O)O)C(=O)O)Cc4ccc(Br)nc4)cc3)cc2)CN(CC(N)=O)CC1. The first-order valence-electron chi connectivity index (χ1n) is 27.9. The van der Waals surface area contributed by atoms with Gasteiger partial charge in [-0.3, -0.25) is 53.2 Å². The molecule has 2 aromatic carbocycles. The summed E-state index contributed by atoms with van der Waals surface area (Å²) in [4.78, 5) is 136. The van der Waals surface area contributed by atoms with Crippen molar-refractivity contribution < 1.29 is 63.3 Å². The number of nitrogens with zero attached hydrogens (tertiary/aromatic N) is 6. The van der Waals surface area contributed by atoms with Gasteiger partial charge in [0, 0.05) is 102 Å². The molecule has 0 radical (unpaired) electrons. The molecule has 3 atom stereocenters. The number of primary amides is 4. The highest BCUT2D eigenvalue weighted by atomic mass is 79.9. The molecule has 15 N–H and O–H groups in total. The number of nitrogens with one attached hydrogen (secondary N) is 4. The van der Waals surface area contributed by atoms with E-state index in [4.69, 9.17) is 40.3 Å². The normalized spacial score (nSPS) is 15.4. The molecule has 0 saturated carbocycles. The molecule has 1 saturated heterocycles. The number of rotatable bonds is 34. The first-order valence-corrected chi connectivity index (χ1v) is 29.1. The maximum atomic E-state index is 13.9. The number of nitrogens with two attached hydrogens (primary N) is 4. The summed E-state index contributed by atoms with van der Waals surface area (Å²) in [6.07, 6.45) is 4.70. The van der Waals surface area contributed by atoms with Gasteiger partial charge in [0.15, 0.2) is 0 Å². The van der Waals surface area contributed by atoms with Gasteiger partial charge in [-0.2, -0.15) is 0 Å². The summed E-state index contributed by atoms with van der Waals surface area (Å²) in [6.45, 7) is 3.02. The maximum absolute atomic E-state index is 13.9. The molecule has 27 nitrogen and oxygen atoms in total. The summed E-state index contributed by atoms with van der Waals surface area (Å²) in [5, 5.41) is 38.5. The minimum Gasteiger partial charge on any atom is -0.481 e. The summed E-state index contributed by atoms with van der Waals surface area (Å²) < 4.78 is 0.604. The molecule has 3 aromatic rings. The van der Waals surface area contributed by atoms with Gasteiger partial charge in [-0.25, -0.2) is 19.4 Å². The lowest BCUT2D eigenvalue weighted by atomic mass is 10.0. The molecule has 4 rings (SSSR count).